The Kier molecular flexibility index (Phi) is 4.46. The SMILES string of the molecule is COc1ccc(-c2c/c(=N\O)oc3cc4c(cc23)CCC2(CCCCC2)O4)cc1. The maximum atomic E-state index is 9.37. The van der Waals surface area contributed by atoms with E-state index < -0.39 is 0 Å². The first-order chi connectivity index (χ1) is 14.2. The van der Waals surface area contributed by atoms with Crippen molar-refractivity contribution in [3.05, 3.63) is 53.6 Å². The number of nitrogens with zero attached hydrogens (tertiary/aromatic N) is 1. The number of aryl methyl sites for hydroxylation is 1. The third-order valence-corrected chi connectivity index (χ3v) is 6.38. The van der Waals surface area contributed by atoms with Crippen LogP contribution in [-0.2, 0) is 6.42 Å². The molecule has 0 amide bonds. The van der Waals surface area contributed by atoms with E-state index in [1.54, 1.807) is 13.2 Å². The minimum atomic E-state index is -0.0172. The molecule has 1 spiro atoms. The smallest absolute Gasteiger partial charge is 0.256 e. The predicted molar refractivity (Wildman–Crippen MR) is 110 cm³/mol. The Hall–Kier alpha value is -2.95. The Morgan fingerprint density at radius 1 is 1.00 bits per heavy atom. The maximum Gasteiger partial charge on any atom is 0.256 e. The standard InChI is InChI=1S/C24H25NO4/c1-27-18-7-5-16(6-8-18)19-14-23(25-26)28-22-15-21-17(13-20(19)22)9-12-24(29-21)10-3-2-4-11-24/h5-8,13-15,26H,2-4,9-12H2,1H3/b25-23+. The largest absolute Gasteiger partial charge is 0.497 e. The second-order valence-corrected chi connectivity index (χ2v) is 8.13. The molecular weight excluding hydrogens is 366 g/mol. The molecule has 3 aromatic rings. The molecule has 1 aliphatic carbocycles. The van der Waals surface area contributed by atoms with Crippen molar-refractivity contribution in [1.29, 1.82) is 0 Å². The zero-order chi connectivity index (χ0) is 19.8. The fraction of sp³-hybridized carbons (Fsp3) is 0.375. The maximum absolute atomic E-state index is 9.37. The highest BCUT2D eigenvalue weighted by Gasteiger charge is 2.37. The molecule has 1 saturated carbocycles. The first kappa shape index (κ1) is 18.1. The van der Waals surface area contributed by atoms with E-state index in [4.69, 9.17) is 13.9 Å². The number of benzene rings is 2. The van der Waals surface area contributed by atoms with E-state index in [1.807, 2.05) is 30.3 Å². The minimum Gasteiger partial charge on any atom is -0.497 e. The molecule has 0 saturated heterocycles. The summed E-state index contributed by atoms with van der Waals surface area (Å²) < 4.78 is 17.7. The molecule has 150 valence electrons. The quantitative estimate of drug-likeness (QED) is 0.468. The van der Waals surface area contributed by atoms with Crippen LogP contribution in [0.15, 0.2) is 52.0 Å². The second-order valence-electron chi connectivity index (χ2n) is 8.13. The molecule has 2 aliphatic rings. The van der Waals surface area contributed by atoms with Crippen LogP contribution >= 0.6 is 0 Å². The Balaban J connectivity index is 1.64. The van der Waals surface area contributed by atoms with Gasteiger partial charge in [0.1, 0.15) is 22.7 Å². The van der Waals surface area contributed by atoms with Gasteiger partial charge in [0.2, 0.25) is 0 Å². The third kappa shape index (κ3) is 3.24. The lowest BCUT2D eigenvalue weighted by atomic mass is 9.79. The van der Waals surface area contributed by atoms with Crippen LogP contribution in [0.3, 0.4) is 0 Å². The van der Waals surface area contributed by atoms with Crippen LogP contribution in [0.25, 0.3) is 22.1 Å². The van der Waals surface area contributed by atoms with Crippen molar-refractivity contribution in [2.75, 3.05) is 7.11 Å². The molecule has 2 aromatic carbocycles. The van der Waals surface area contributed by atoms with Crippen molar-refractivity contribution in [1.82, 2.24) is 0 Å². The Morgan fingerprint density at radius 3 is 2.52 bits per heavy atom. The summed E-state index contributed by atoms with van der Waals surface area (Å²) >= 11 is 0. The molecule has 1 N–H and O–H groups in total. The summed E-state index contributed by atoms with van der Waals surface area (Å²) in [5, 5.41) is 13.7. The van der Waals surface area contributed by atoms with Gasteiger partial charge in [-0.15, -0.1) is 0 Å². The molecule has 0 atom stereocenters. The third-order valence-electron chi connectivity index (χ3n) is 6.38. The number of ether oxygens (including phenoxy) is 2. The van der Waals surface area contributed by atoms with Crippen LogP contribution < -0.4 is 15.0 Å². The van der Waals surface area contributed by atoms with Crippen LogP contribution in [0.1, 0.15) is 44.1 Å². The molecule has 5 rings (SSSR count). The fourth-order valence-electron chi connectivity index (χ4n) is 4.79. The molecule has 5 heteroatoms. The van der Waals surface area contributed by atoms with Crippen LogP contribution in [-0.4, -0.2) is 17.9 Å². The Morgan fingerprint density at radius 2 is 1.79 bits per heavy atom. The molecule has 29 heavy (non-hydrogen) atoms. The Labute approximate surface area is 169 Å². The number of fused-ring (bicyclic) bond motifs is 2. The van der Waals surface area contributed by atoms with Gasteiger partial charge in [0.15, 0.2) is 0 Å². The first-order valence-electron chi connectivity index (χ1n) is 10.3. The van der Waals surface area contributed by atoms with E-state index in [9.17, 15) is 5.21 Å². The van der Waals surface area contributed by atoms with Gasteiger partial charge in [0.25, 0.3) is 5.55 Å². The lowest BCUT2D eigenvalue weighted by molar-refractivity contribution is 0.0109. The topological polar surface area (TPSA) is 64.2 Å². The van der Waals surface area contributed by atoms with Gasteiger partial charge < -0.3 is 19.1 Å². The summed E-state index contributed by atoms with van der Waals surface area (Å²) in [6.45, 7) is 0. The molecule has 1 aromatic heterocycles. The van der Waals surface area contributed by atoms with Crippen molar-refractivity contribution < 1.29 is 19.1 Å². The van der Waals surface area contributed by atoms with Crippen molar-refractivity contribution in [3.63, 3.8) is 0 Å². The summed E-state index contributed by atoms with van der Waals surface area (Å²) in [4.78, 5) is 0. The number of rotatable bonds is 2. The zero-order valence-corrected chi connectivity index (χ0v) is 16.6. The van der Waals surface area contributed by atoms with Crippen LogP contribution in [0.4, 0.5) is 0 Å². The number of methoxy groups -OCH3 is 1. The number of hydrogen-bond acceptors (Lipinski definition) is 5. The van der Waals surface area contributed by atoms with Crippen molar-refractivity contribution in [2.24, 2.45) is 5.16 Å². The highest BCUT2D eigenvalue weighted by atomic mass is 16.5. The van der Waals surface area contributed by atoms with Gasteiger partial charge in [0, 0.05) is 17.5 Å². The van der Waals surface area contributed by atoms with Gasteiger partial charge in [-0.25, -0.2) is 0 Å². The van der Waals surface area contributed by atoms with Gasteiger partial charge in [-0.3, -0.25) is 0 Å². The van der Waals surface area contributed by atoms with E-state index in [-0.39, 0.29) is 11.2 Å². The van der Waals surface area contributed by atoms with Gasteiger partial charge in [-0.1, -0.05) is 18.6 Å². The van der Waals surface area contributed by atoms with E-state index in [2.05, 4.69) is 11.2 Å². The molecule has 1 fully saturated rings. The minimum absolute atomic E-state index is 0.0172. The van der Waals surface area contributed by atoms with Crippen molar-refractivity contribution in [2.45, 2.75) is 50.5 Å². The highest BCUT2D eigenvalue weighted by Crippen LogP contribution is 2.44. The normalized spacial score (nSPS) is 18.4. The molecular formula is C24H25NO4. The van der Waals surface area contributed by atoms with Crippen LogP contribution in [0.5, 0.6) is 11.5 Å². The van der Waals surface area contributed by atoms with Gasteiger partial charge in [-0.05, 0) is 78.6 Å². The second kappa shape index (κ2) is 7.14. The molecule has 0 unspecified atom stereocenters. The molecule has 0 radical (unpaired) electrons. The van der Waals surface area contributed by atoms with E-state index >= 15 is 0 Å². The van der Waals surface area contributed by atoms with E-state index in [0.717, 1.165) is 53.7 Å². The summed E-state index contributed by atoms with van der Waals surface area (Å²) in [5.74, 6) is 1.71. The van der Waals surface area contributed by atoms with E-state index in [0.29, 0.717) is 5.58 Å². The average Bonchev–Trinajstić information content (AvgIpc) is 2.77. The van der Waals surface area contributed by atoms with E-state index in [1.165, 1.54) is 24.8 Å². The summed E-state index contributed by atoms with van der Waals surface area (Å²) in [7, 11) is 1.65. The van der Waals surface area contributed by atoms with Crippen molar-refractivity contribution >= 4 is 11.0 Å². The number of hydrogen-bond donors (Lipinski definition) is 1. The molecule has 1 aliphatic heterocycles. The lowest BCUT2D eigenvalue weighted by Gasteiger charge is -2.41. The molecule has 5 nitrogen and oxygen atoms in total. The van der Waals surface area contributed by atoms with Crippen LogP contribution in [0.2, 0.25) is 0 Å². The van der Waals surface area contributed by atoms with Crippen molar-refractivity contribution in [3.8, 4) is 22.6 Å². The van der Waals surface area contributed by atoms with Gasteiger partial charge >= 0.3 is 0 Å². The fourth-order valence-corrected chi connectivity index (χ4v) is 4.79. The summed E-state index contributed by atoms with van der Waals surface area (Å²) in [6, 6.07) is 13.8. The Bertz CT molecular complexity index is 1110. The van der Waals surface area contributed by atoms with Gasteiger partial charge in [-0.2, -0.15) is 0 Å². The zero-order valence-electron chi connectivity index (χ0n) is 16.6. The first-order valence-corrected chi connectivity index (χ1v) is 10.3. The highest BCUT2D eigenvalue weighted by molar-refractivity contribution is 5.94. The summed E-state index contributed by atoms with van der Waals surface area (Å²) in [6.07, 6.45) is 8.13. The molecule has 0 bridgehead atoms. The van der Waals surface area contributed by atoms with Crippen LogP contribution in [0, 0.1) is 0 Å². The summed E-state index contributed by atoms with van der Waals surface area (Å²) in [5.41, 5.74) is 4.01. The predicted octanol–water partition coefficient (Wildman–Crippen LogP) is 5.43. The average molecular weight is 391 g/mol. The van der Waals surface area contributed by atoms with Gasteiger partial charge in [0.05, 0.1) is 7.11 Å². The lowest BCUT2D eigenvalue weighted by Crippen LogP contribution is -2.41. The monoisotopic (exact) mass is 391 g/mol. The molecule has 2 heterocycles.